The third kappa shape index (κ3) is 2.71. The summed E-state index contributed by atoms with van der Waals surface area (Å²) in [5.74, 6) is 2.80. The molecule has 1 rings (SSSR count). The lowest BCUT2D eigenvalue weighted by Crippen LogP contribution is -2.01. The van der Waals surface area contributed by atoms with Crippen LogP contribution in [0.4, 0.5) is 5.82 Å². The number of nitrogens with two attached hydrogens (primary N) is 1. The van der Waals surface area contributed by atoms with E-state index in [0.717, 1.165) is 22.5 Å². The molecule has 1 aromatic heterocycles. The molecule has 0 aliphatic rings. The Kier molecular flexibility index (Phi) is 3.94. The molecule has 68 valence electrons. The van der Waals surface area contributed by atoms with Gasteiger partial charge in [-0.15, -0.1) is 0 Å². The molecule has 0 saturated heterocycles. The molecule has 0 spiro atoms. The standard InChI is InChI=1S/C7H12BrN3S/c1-2-12-4-3-11-5-6(8)7(9)10-11/h5H,2-4H2,1H3,(H2,9,10). The fraction of sp³-hybridized carbons (Fsp3) is 0.571. The Balaban J connectivity index is 2.42. The minimum Gasteiger partial charge on any atom is -0.381 e. The van der Waals surface area contributed by atoms with E-state index in [4.69, 9.17) is 5.73 Å². The van der Waals surface area contributed by atoms with Gasteiger partial charge in [-0.05, 0) is 21.7 Å². The lowest BCUT2D eigenvalue weighted by molar-refractivity contribution is 0.669. The van der Waals surface area contributed by atoms with Gasteiger partial charge >= 0.3 is 0 Å². The van der Waals surface area contributed by atoms with Crippen LogP contribution in [0, 0.1) is 0 Å². The van der Waals surface area contributed by atoms with Gasteiger partial charge in [-0.25, -0.2) is 0 Å². The molecule has 3 nitrogen and oxygen atoms in total. The normalized spacial score (nSPS) is 10.5. The molecule has 12 heavy (non-hydrogen) atoms. The maximum absolute atomic E-state index is 5.56. The lowest BCUT2D eigenvalue weighted by atomic mass is 10.6. The first-order valence-electron chi connectivity index (χ1n) is 3.80. The van der Waals surface area contributed by atoms with E-state index < -0.39 is 0 Å². The molecule has 0 unspecified atom stereocenters. The maximum Gasteiger partial charge on any atom is 0.159 e. The average Bonchev–Trinajstić information content (AvgIpc) is 2.32. The zero-order valence-electron chi connectivity index (χ0n) is 6.96. The molecule has 1 aromatic rings. The summed E-state index contributed by atoms with van der Waals surface area (Å²) in [7, 11) is 0. The average molecular weight is 250 g/mol. The SMILES string of the molecule is CCSCCn1cc(Br)c(N)n1. The van der Waals surface area contributed by atoms with Crippen molar-refractivity contribution < 1.29 is 0 Å². The quantitative estimate of drug-likeness (QED) is 0.831. The van der Waals surface area contributed by atoms with Crippen molar-refractivity contribution in [3.8, 4) is 0 Å². The van der Waals surface area contributed by atoms with E-state index in [9.17, 15) is 0 Å². The highest BCUT2D eigenvalue weighted by Gasteiger charge is 2.00. The number of aromatic nitrogens is 2. The monoisotopic (exact) mass is 249 g/mol. The highest BCUT2D eigenvalue weighted by molar-refractivity contribution is 9.10. The molecule has 0 fully saturated rings. The van der Waals surface area contributed by atoms with E-state index in [1.165, 1.54) is 0 Å². The molecule has 0 bridgehead atoms. The summed E-state index contributed by atoms with van der Waals surface area (Å²) in [6.45, 7) is 3.08. The number of hydrogen-bond acceptors (Lipinski definition) is 3. The van der Waals surface area contributed by atoms with Gasteiger partial charge < -0.3 is 5.73 Å². The van der Waals surface area contributed by atoms with Crippen LogP contribution in [0.5, 0.6) is 0 Å². The van der Waals surface area contributed by atoms with Crippen molar-refractivity contribution in [1.82, 2.24) is 9.78 Å². The first-order valence-corrected chi connectivity index (χ1v) is 5.75. The van der Waals surface area contributed by atoms with Crippen LogP contribution in [-0.4, -0.2) is 21.3 Å². The molecule has 0 amide bonds. The first kappa shape index (κ1) is 9.92. The summed E-state index contributed by atoms with van der Waals surface area (Å²) in [4.78, 5) is 0. The number of aryl methyl sites for hydroxylation is 1. The van der Waals surface area contributed by atoms with Gasteiger partial charge in [-0.1, -0.05) is 6.92 Å². The minimum atomic E-state index is 0.566. The molecule has 2 N–H and O–H groups in total. The molecule has 0 aliphatic carbocycles. The zero-order chi connectivity index (χ0) is 8.97. The fourth-order valence-corrected chi connectivity index (χ4v) is 1.75. The Morgan fingerprint density at radius 3 is 3.00 bits per heavy atom. The zero-order valence-corrected chi connectivity index (χ0v) is 9.36. The number of nitrogens with zero attached hydrogens (tertiary/aromatic N) is 2. The van der Waals surface area contributed by atoms with Crippen molar-refractivity contribution in [2.75, 3.05) is 17.2 Å². The lowest BCUT2D eigenvalue weighted by Gasteiger charge is -1.98. The third-order valence-electron chi connectivity index (χ3n) is 1.41. The van der Waals surface area contributed by atoms with Crippen LogP contribution >= 0.6 is 27.7 Å². The second-order valence-electron chi connectivity index (χ2n) is 2.32. The van der Waals surface area contributed by atoms with Gasteiger partial charge in [0.2, 0.25) is 0 Å². The van der Waals surface area contributed by atoms with Crippen LogP contribution in [0.3, 0.4) is 0 Å². The van der Waals surface area contributed by atoms with E-state index in [2.05, 4.69) is 28.0 Å². The summed E-state index contributed by atoms with van der Waals surface area (Å²) >= 11 is 5.21. The second kappa shape index (κ2) is 4.77. The van der Waals surface area contributed by atoms with Crippen LogP contribution in [0.2, 0.25) is 0 Å². The van der Waals surface area contributed by atoms with Crippen molar-refractivity contribution >= 4 is 33.5 Å². The van der Waals surface area contributed by atoms with Gasteiger partial charge in [-0.2, -0.15) is 16.9 Å². The van der Waals surface area contributed by atoms with Crippen LogP contribution in [0.1, 0.15) is 6.92 Å². The van der Waals surface area contributed by atoms with Crippen molar-refractivity contribution in [2.45, 2.75) is 13.5 Å². The number of rotatable bonds is 4. The molecule has 0 atom stereocenters. The van der Waals surface area contributed by atoms with Gasteiger partial charge in [-0.3, -0.25) is 4.68 Å². The maximum atomic E-state index is 5.56. The Bertz CT molecular complexity index is 229. The van der Waals surface area contributed by atoms with Gasteiger partial charge in [0.25, 0.3) is 0 Å². The third-order valence-corrected chi connectivity index (χ3v) is 2.90. The van der Waals surface area contributed by atoms with Crippen molar-refractivity contribution in [2.24, 2.45) is 0 Å². The molecule has 5 heteroatoms. The van der Waals surface area contributed by atoms with Crippen LogP contribution in [0.15, 0.2) is 10.7 Å². The number of nitrogen functional groups attached to an aromatic ring is 1. The van der Waals surface area contributed by atoms with Gasteiger partial charge in [0.15, 0.2) is 5.82 Å². The summed E-state index contributed by atoms with van der Waals surface area (Å²) in [6, 6.07) is 0. The fourth-order valence-electron chi connectivity index (χ4n) is 0.829. The van der Waals surface area contributed by atoms with Crippen molar-refractivity contribution in [3.05, 3.63) is 10.7 Å². The van der Waals surface area contributed by atoms with E-state index >= 15 is 0 Å². The first-order chi connectivity index (χ1) is 5.74. The van der Waals surface area contributed by atoms with E-state index in [1.54, 1.807) is 0 Å². The second-order valence-corrected chi connectivity index (χ2v) is 4.57. The summed E-state index contributed by atoms with van der Waals surface area (Å²) < 4.78 is 2.74. The van der Waals surface area contributed by atoms with Gasteiger partial charge in [0, 0.05) is 11.9 Å². The highest BCUT2D eigenvalue weighted by Crippen LogP contribution is 2.16. The molecular formula is C7H12BrN3S. The Morgan fingerprint density at radius 1 is 1.75 bits per heavy atom. The van der Waals surface area contributed by atoms with E-state index in [1.807, 2.05) is 22.6 Å². The van der Waals surface area contributed by atoms with E-state index in [-0.39, 0.29) is 0 Å². The predicted molar refractivity (Wildman–Crippen MR) is 57.3 cm³/mol. The molecule has 0 radical (unpaired) electrons. The summed E-state index contributed by atoms with van der Waals surface area (Å²) in [5.41, 5.74) is 5.56. The van der Waals surface area contributed by atoms with Crippen LogP contribution in [0.25, 0.3) is 0 Å². The number of halogens is 1. The number of anilines is 1. The topological polar surface area (TPSA) is 43.8 Å². The van der Waals surface area contributed by atoms with Gasteiger partial charge in [0.05, 0.1) is 11.0 Å². The molecule has 0 aliphatic heterocycles. The van der Waals surface area contributed by atoms with Gasteiger partial charge in [0.1, 0.15) is 0 Å². The smallest absolute Gasteiger partial charge is 0.159 e. The number of thioether (sulfide) groups is 1. The van der Waals surface area contributed by atoms with Crippen molar-refractivity contribution in [1.29, 1.82) is 0 Å². The molecular weight excluding hydrogens is 238 g/mol. The summed E-state index contributed by atoms with van der Waals surface area (Å²) in [5, 5.41) is 4.12. The predicted octanol–water partition coefficient (Wildman–Crippen LogP) is 1.98. The largest absolute Gasteiger partial charge is 0.381 e. The van der Waals surface area contributed by atoms with Crippen LogP contribution in [-0.2, 0) is 6.54 Å². The number of hydrogen-bond donors (Lipinski definition) is 1. The van der Waals surface area contributed by atoms with Crippen LogP contribution < -0.4 is 5.73 Å². The molecule has 1 heterocycles. The Hall–Kier alpha value is -0.160. The molecule has 0 aromatic carbocycles. The molecule has 0 saturated carbocycles. The Morgan fingerprint density at radius 2 is 2.50 bits per heavy atom. The summed E-state index contributed by atoms with van der Waals surface area (Å²) in [6.07, 6.45) is 1.91. The minimum absolute atomic E-state index is 0.566. The highest BCUT2D eigenvalue weighted by atomic mass is 79.9. The Labute approximate surface area is 84.8 Å². The van der Waals surface area contributed by atoms with E-state index in [0.29, 0.717) is 5.82 Å². The van der Waals surface area contributed by atoms with Crippen molar-refractivity contribution in [3.63, 3.8) is 0 Å².